The predicted octanol–water partition coefficient (Wildman–Crippen LogP) is 2.44. The summed E-state index contributed by atoms with van der Waals surface area (Å²) in [4.78, 5) is 14.5. The van der Waals surface area contributed by atoms with Crippen LogP contribution in [-0.2, 0) is 9.53 Å². The SMILES string of the molecule is O=C(Nc1cccc2ccccc12)C(=S)N1CCOCC1. The molecule has 0 spiro atoms. The van der Waals surface area contributed by atoms with E-state index in [1.165, 1.54) is 0 Å². The second-order valence-corrected chi connectivity index (χ2v) is 5.27. The van der Waals surface area contributed by atoms with E-state index in [9.17, 15) is 4.79 Å². The fraction of sp³-hybridized carbons (Fsp3) is 0.250. The van der Waals surface area contributed by atoms with Gasteiger partial charge in [0.05, 0.1) is 13.2 Å². The molecule has 1 fully saturated rings. The topological polar surface area (TPSA) is 41.6 Å². The third kappa shape index (κ3) is 3.04. The Labute approximate surface area is 128 Å². The molecule has 1 N–H and O–H groups in total. The third-order valence-corrected chi connectivity index (χ3v) is 3.97. The van der Waals surface area contributed by atoms with Gasteiger partial charge in [-0.25, -0.2) is 0 Å². The van der Waals surface area contributed by atoms with E-state index in [1.54, 1.807) is 0 Å². The quantitative estimate of drug-likeness (QED) is 0.821. The van der Waals surface area contributed by atoms with Crippen LogP contribution in [0.15, 0.2) is 42.5 Å². The molecule has 1 saturated heterocycles. The summed E-state index contributed by atoms with van der Waals surface area (Å²) in [6.45, 7) is 2.56. The van der Waals surface area contributed by atoms with E-state index in [0.717, 1.165) is 16.5 Å². The van der Waals surface area contributed by atoms with Gasteiger partial charge >= 0.3 is 0 Å². The lowest BCUT2D eigenvalue weighted by Crippen LogP contribution is -2.44. The first-order valence-corrected chi connectivity index (χ1v) is 7.32. The van der Waals surface area contributed by atoms with Crippen LogP contribution in [0.5, 0.6) is 0 Å². The van der Waals surface area contributed by atoms with E-state index >= 15 is 0 Å². The third-order valence-electron chi connectivity index (χ3n) is 3.53. The van der Waals surface area contributed by atoms with Crippen molar-refractivity contribution < 1.29 is 9.53 Å². The number of ether oxygens (including phenoxy) is 1. The number of nitrogens with zero attached hydrogens (tertiary/aromatic N) is 1. The molecule has 1 aliphatic rings. The summed E-state index contributed by atoms with van der Waals surface area (Å²) in [5.41, 5.74) is 0.786. The summed E-state index contributed by atoms with van der Waals surface area (Å²) in [7, 11) is 0. The first-order valence-electron chi connectivity index (χ1n) is 6.91. The minimum absolute atomic E-state index is 0.233. The molecule has 3 rings (SSSR count). The van der Waals surface area contributed by atoms with Crippen molar-refractivity contribution >= 4 is 39.6 Å². The average molecular weight is 300 g/mol. The minimum Gasteiger partial charge on any atom is -0.378 e. The first kappa shape index (κ1) is 14.0. The van der Waals surface area contributed by atoms with Crippen LogP contribution >= 0.6 is 12.2 Å². The molecule has 5 heteroatoms. The molecule has 2 aromatic rings. The smallest absolute Gasteiger partial charge is 0.283 e. The van der Waals surface area contributed by atoms with Gasteiger partial charge in [-0.3, -0.25) is 4.79 Å². The van der Waals surface area contributed by atoms with E-state index in [-0.39, 0.29) is 5.91 Å². The summed E-state index contributed by atoms with van der Waals surface area (Å²) < 4.78 is 5.27. The molecule has 2 aromatic carbocycles. The first-order chi connectivity index (χ1) is 10.3. The zero-order valence-corrected chi connectivity index (χ0v) is 12.4. The standard InChI is InChI=1S/C16H16N2O2S/c19-15(16(21)18-8-10-20-11-9-18)17-14-7-3-5-12-4-1-2-6-13(12)14/h1-7H,8-11H2,(H,17,19). The molecular formula is C16H16N2O2S. The lowest BCUT2D eigenvalue weighted by Gasteiger charge is -2.28. The number of benzene rings is 2. The number of fused-ring (bicyclic) bond motifs is 1. The zero-order valence-electron chi connectivity index (χ0n) is 11.5. The second kappa shape index (κ2) is 6.20. The van der Waals surface area contributed by atoms with E-state index in [1.807, 2.05) is 47.4 Å². The van der Waals surface area contributed by atoms with Crippen LogP contribution < -0.4 is 5.32 Å². The molecular weight excluding hydrogens is 284 g/mol. The molecule has 0 bridgehead atoms. The lowest BCUT2D eigenvalue weighted by atomic mass is 10.1. The van der Waals surface area contributed by atoms with E-state index in [0.29, 0.717) is 31.3 Å². The number of thiocarbonyl (C=S) groups is 1. The Morgan fingerprint density at radius 3 is 2.62 bits per heavy atom. The Morgan fingerprint density at radius 1 is 1.10 bits per heavy atom. The van der Waals surface area contributed by atoms with Crippen molar-refractivity contribution in [2.75, 3.05) is 31.6 Å². The fourth-order valence-corrected chi connectivity index (χ4v) is 2.65. The van der Waals surface area contributed by atoms with Crippen LogP contribution in [0.4, 0.5) is 5.69 Å². The molecule has 21 heavy (non-hydrogen) atoms. The van der Waals surface area contributed by atoms with Gasteiger partial charge in [0, 0.05) is 24.2 Å². The molecule has 0 saturated carbocycles. The number of rotatable bonds is 1. The Hall–Kier alpha value is -1.98. The normalized spacial score (nSPS) is 15.0. The molecule has 4 nitrogen and oxygen atoms in total. The number of carbonyl (C=O) groups excluding carboxylic acids is 1. The predicted molar refractivity (Wildman–Crippen MR) is 87.6 cm³/mol. The van der Waals surface area contributed by atoms with Gasteiger partial charge in [-0.15, -0.1) is 0 Å². The van der Waals surface area contributed by atoms with E-state index in [2.05, 4.69) is 5.32 Å². The summed E-state index contributed by atoms with van der Waals surface area (Å²) >= 11 is 5.28. The van der Waals surface area contributed by atoms with Crippen LogP contribution in [0.1, 0.15) is 0 Å². The van der Waals surface area contributed by atoms with Gasteiger partial charge in [0.15, 0.2) is 4.99 Å². The number of anilines is 1. The number of nitrogens with one attached hydrogen (secondary N) is 1. The van der Waals surface area contributed by atoms with Crippen molar-refractivity contribution in [3.63, 3.8) is 0 Å². The molecule has 0 radical (unpaired) electrons. The van der Waals surface area contributed by atoms with Gasteiger partial charge in [0.2, 0.25) is 0 Å². The van der Waals surface area contributed by atoms with Gasteiger partial charge in [-0.1, -0.05) is 48.6 Å². The highest BCUT2D eigenvalue weighted by atomic mass is 32.1. The Morgan fingerprint density at radius 2 is 1.81 bits per heavy atom. The Balaban J connectivity index is 1.78. The highest BCUT2D eigenvalue weighted by Crippen LogP contribution is 2.23. The van der Waals surface area contributed by atoms with Crippen molar-refractivity contribution in [1.82, 2.24) is 4.90 Å². The summed E-state index contributed by atoms with van der Waals surface area (Å²) in [5, 5.41) is 5.02. The van der Waals surface area contributed by atoms with E-state index in [4.69, 9.17) is 17.0 Å². The zero-order chi connectivity index (χ0) is 14.7. The maximum atomic E-state index is 12.3. The number of amides is 1. The van der Waals surface area contributed by atoms with Crippen molar-refractivity contribution in [3.8, 4) is 0 Å². The van der Waals surface area contributed by atoms with Crippen LogP contribution in [0.25, 0.3) is 10.8 Å². The van der Waals surface area contributed by atoms with Gasteiger partial charge in [-0.05, 0) is 11.5 Å². The monoisotopic (exact) mass is 300 g/mol. The molecule has 0 aliphatic carbocycles. The molecule has 1 amide bonds. The highest BCUT2D eigenvalue weighted by molar-refractivity contribution is 7.82. The Bertz CT molecular complexity index is 676. The minimum atomic E-state index is -0.233. The molecule has 0 unspecified atom stereocenters. The van der Waals surface area contributed by atoms with Crippen molar-refractivity contribution in [1.29, 1.82) is 0 Å². The highest BCUT2D eigenvalue weighted by Gasteiger charge is 2.20. The fourth-order valence-electron chi connectivity index (χ4n) is 2.42. The maximum Gasteiger partial charge on any atom is 0.283 e. The summed E-state index contributed by atoms with van der Waals surface area (Å²) in [6.07, 6.45) is 0. The Kier molecular flexibility index (Phi) is 4.13. The number of hydrogen-bond donors (Lipinski definition) is 1. The van der Waals surface area contributed by atoms with Crippen molar-refractivity contribution in [2.45, 2.75) is 0 Å². The van der Waals surface area contributed by atoms with Crippen molar-refractivity contribution in [2.24, 2.45) is 0 Å². The summed E-state index contributed by atoms with van der Waals surface area (Å²) in [6, 6.07) is 13.8. The summed E-state index contributed by atoms with van der Waals surface area (Å²) in [5.74, 6) is -0.233. The maximum absolute atomic E-state index is 12.3. The van der Waals surface area contributed by atoms with Crippen LogP contribution in [-0.4, -0.2) is 42.1 Å². The van der Waals surface area contributed by atoms with Crippen LogP contribution in [0.2, 0.25) is 0 Å². The molecule has 1 aliphatic heterocycles. The van der Waals surface area contributed by atoms with Crippen LogP contribution in [0, 0.1) is 0 Å². The number of carbonyl (C=O) groups is 1. The molecule has 108 valence electrons. The number of morpholine rings is 1. The van der Waals surface area contributed by atoms with Gasteiger partial charge in [0.25, 0.3) is 5.91 Å². The van der Waals surface area contributed by atoms with Crippen LogP contribution in [0.3, 0.4) is 0 Å². The van der Waals surface area contributed by atoms with Gasteiger partial charge in [0.1, 0.15) is 0 Å². The second-order valence-electron chi connectivity index (χ2n) is 4.89. The van der Waals surface area contributed by atoms with Gasteiger partial charge in [-0.2, -0.15) is 0 Å². The number of hydrogen-bond acceptors (Lipinski definition) is 3. The molecule has 1 heterocycles. The van der Waals surface area contributed by atoms with E-state index < -0.39 is 0 Å². The van der Waals surface area contributed by atoms with Gasteiger partial charge < -0.3 is 15.0 Å². The lowest BCUT2D eigenvalue weighted by molar-refractivity contribution is -0.111. The average Bonchev–Trinajstić information content (AvgIpc) is 2.55. The largest absolute Gasteiger partial charge is 0.378 e. The van der Waals surface area contributed by atoms with Crippen molar-refractivity contribution in [3.05, 3.63) is 42.5 Å². The molecule has 0 aromatic heterocycles. The molecule has 0 atom stereocenters.